The zero-order chi connectivity index (χ0) is 12.4. The van der Waals surface area contributed by atoms with Crippen LogP contribution in [0.15, 0.2) is 30.3 Å². The van der Waals surface area contributed by atoms with Crippen LogP contribution < -0.4 is 5.32 Å². The van der Waals surface area contributed by atoms with Crippen LogP contribution in [-0.4, -0.2) is 17.0 Å². The molecule has 1 saturated carbocycles. The van der Waals surface area contributed by atoms with E-state index in [1.807, 2.05) is 0 Å². The van der Waals surface area contributed by atoms with Gasteiger partial charge in [0.25, 0.3) is 0 Å². The summed E-state index contributed by atoms with van der Waals surface area (Å²) >= 11 is 2.13. The van der Waals surface area contributed by atoms with Crippen molar-refractivity contribution in [3.63, 3.8) is 0 Å². The largest absolute Gasteiger partial charge is 0.306 e. The molecule has 18 heavy (non-hydrogen) atoms. The average Bonchev–Trinajstić information content (AvgIpc) is 3.23. The Balaban J connectivity index is 1.70. The molecule has 0 aromatic heterocycles. The minimum absolute atomic E-state index is 0.595. The third-order valence-corrected chi connectivity index (χ3v) is 5.63. The van der Waals surface area contributed by atoms with Crippen molar-refractivity contribution in [3.8, 4) is 0 Å². The summed E-state index contributed by atoms with van der Waals surface area (Å²) in [7, 11) is 0. The fourth-order valence-electron chi connectivity index (χ4n) is 2.97. The maximum absolute atomic E-state index is 3.96. The summed E-state index contributed by atoms with van der Waals surface area (Å²) in [6.07, 6.45) is 5.53. The molecule has 0 amide bonds. The Labute approximate surface area is 115 Å². The van der Waals surface area contributed by atoms with Crippen molar-refractivity contribution in [2.24, 2.45) is 5.92 Å². The van der Waals surface area contributed by atoms with Crippen LogP contribution >= 0.6 is 11.8 Å². The van der Waals surface area contributed by atoms with Gasteiger partial charge in [-0.25, -0.2) is 0 Å². The van der Waals surface area contributed by atoms with E-state index in [-0.39, 0.29) is 0 Å². The Hall–Kier alpha value is -0.470. The summed E-state index contributed by atoms with van der Waals surface area (Å²) in [4.78, 5) is 0. The Morgan fingerprint density at radius 2 is 1.94 bits per heavy atom. The molecule has 0 spiro atoms. The molecule has 98 valence electrons. The van der Waals surface area contributed by atoms with E-state index >= 15 is 0 Å². The highest BCUT2D eigenvalue weighted by Gasteiger charge is 2.35. The van der Waals surface area contributed by atoms with Gasteiger partial charge in [0.05, 0.1) is 0 Å². The molecule has 3 atom stereocenters. The van der Waals surface area contributed by atoms with Gasteiger partial charge in [-0.2, -0.15) is 11.8 Å². The van der Waals surface area contributed by atoms with Crippen molar-refractivity contribution in [2.75, 3.05) is 5.75 Å². The van der Waals surface area contributed by atoms with Crippen molar-refractivity contribution in [1.82, 2.24) is 5.32 Å². The Morgan fingerprint density at radius 3 is 2.61 bits per heavy atom. The number of rotatable bonds is 4. The number of hydrogen-bond donors (Lipinski definition) is 1. The van der Waals surface area contributed by atoms with Gasteiger partial charge < -0.3 is 5.32 Å². The van der Waals surface area contributed by atoms with Crippen LogP contribution in [-0.2, 0) is 0 Å². The molecular weight excluding hydrogens is 238 g/mol. The summed E-state index contributed by atoms with van der Waals surface area (Å²) in [5.41, 5.74) is 1.49. The minimum atomic E-state index is 0.595. The first-order chi connectivity index (χ1) is 8.84. The highest BCUT2D eigenvalue weighted by Crippen LogP contribution is 2.42. The lowest BCUT2D eigenvalue weighted by Gasteiger charge is -2.33. The predicted octanol–water partition coefficient (Wildman–Crippen LogP) is 4.01. The molecule has 1 aromatic rings. The van der Waals surface area contributed by atoms with E-state index < -0.39 is 0 Å². The van der Waals surface area contributed by atoms with Gasteiger partial charge in [0.2, 0.25) is 0 Å². The summed E-state index contributed by atoms with van der Waals surface area (Å²) in [6.45, 7) is 2.39. The molecule has 1 saturated heterocycles. The second kappa shape index (κ2) is 5.66. The predicted molar refractivity (Wildman–Crippen MR) is 80.0 cm³/mol. The smallest absolute Gasteiger partial charge is 0.0351 e. The molecule has 1 aliphatic carbocycles. The zero-order valence-corrected chi connectivity index (χ0v) is 12.0. The highest BCUT2D eigenvalue weighted by molar-refractivity contribution is 7.99. The van der Waals surface area contributed by atoms with E-state index in [2.05, 4.69) is 54.3 Å². The maximum Gasteiger partial charge on any atom is 0.0351 e. The Bertz CT molecular complexity index is 374. The first-order valence-electron chi connectivity index (χ1n) is 7.27. The maximum atomic E-state index is 3.96. The zero-order valence-electron chi connectivity index (χ0n) is 11.1. The molecule has 1 aliphatic heterocycles. The van der Waals surface area contributed by atoms with Gasteiger partial charge in [-0.15, -0.1) is 0 Å². The van der Waals surface area contributed by atoms with Gasteiger partial charge in [0, 0.05) is 17.3 Å². The molecule has 1 N–H and O–H groups in total. The van der Waals surface area contributed by atoms with E-state index in [1.54, 1.807) is 0 Å². The molecule has 3 unspecified atom stereocenters. The van der Waals surface area contributed by atoms with Gasteiger partial charge in [-0.05, 0) is 42.9 Å². The van der Waals surface area contributed by atoms with Gasteiger partial charge in [-0.3, -0.25) is 0 Å². The lowest BCUT2D eigenvalue weighted by Crippen LogP contribution is -2.42. The van der Waals surface area contributed by atoms with Crippen molar-refractivity contribution >= 4 is 11.8 Å². The molecular formula is C16H23NS. The molecule has 1 nitrogen and oxygen atoms in total. The van der Waals surface area contributed by atoms with Crippen LogP contribution in [0.25, 0.3) is 0 Å². The normalized spacial score (nSPS) is 30.1. The number of benzene rings is 1. The first kappa shape index (κ1) is 12.6. The standard InChI is InChI=1S/C16H23NS/c1-12-15(8-5-11-18-12)17-16(14-9-10-14)13-6-3-2-4-7-13/h2-4,6-7,12,14-17H,5,8-11H2,1H3. The lowest BCUT2D eigenvalue weighted by molar-refractivity contribution is 0.376. The average molecular weight is 261 g/mol. The van der Waals surface area contributed by atoms with E-state index in [9.17, 15) is 0 Å². The minimum Gasteiger partial charge on any atom is -0.306 e. The fraction of sp³-hybridized carbons (Fsp3) is 0.625. The summed E-state index contributed by atoms with van der Waals surface area (Å²) in [5.74, 6) is 2.23. The first-order valence-corrected chi connectivity index (χ1v) is 8.32. The number of nitrogens with one attached hydrogen (secondary N) is 1. The Morgan fingerprint density at radius 1 is 1.17 bits per heavy atom. The summed E-state index contributed by atoms with van der Waals surface area (Å²) in [6, 6.07) is 12.3. The third-order valence-electron chi connectivity index (χ3n) is 4.25. The molecule has 2 aliphatic rings. The van der Waals surface area contributed by atoms with Gasteiger partial charge in [0.15, 0.2) is 0 Å². The van der Waals surface area contributed by atoms with Crippen LogP contribution in [0.4, 0.5) is 0 Å². The van der Waals surface area contributed by atoms with Crippen molar-refractivity contribution in [3.05, 3.63) is 35.9 Å². The quantitative estimate of drug-likeness (QED) is 0.879. The van der Waals surface area contributed by atoms with Crippen LogP contribution in [0, 0.1) is 5.92 Å². The van der Waals surface area contributed by atoms with Crippen LogP contribution in [0.3, 0.4) is 0 Å². The summed E-state index contributed by atoms with van der Waals surface area (Å²) in [5, 5.41) is 4.73. The van der Waals surface area contributed by atoms with E-state index in [4.69, 9.17) is 0 Å². The van der Waals surface area contributed by atoms with Crippen LogP contribution in [0.5, 0.6) is 0 Å². The van der Waals surface area contributed by atoms with E-state index in [0.717, 1.165) is 11.2 Å². The van der Waals surface area contributed by atoms with E-state index in [1.165, 1.54) is 37.0 Å². The lowest BCUT2D eigenvalue weighted by atomic mass is 9.99. The fourth-order valence-corrected chi connectivity index (χ4v) is 4.12. The molecule has 3 rings (SSSR count). The number of hydrogen-bond acceptors (Lipinski definition) is 2. The van der Waals surface area contributed by atoms with Gasteiger partial charge >= 0.3 is 0 Å². The second-order valence-electron chi connectivity index (χ2n) is 5.72. The van der Waals surface area contributed by atoms with Crippen LogP contribution in [0.1, 0.15) is 44.2 Å². The van der Waals surface area contributed by atoms with Crippen molar-refractivity contribution in [1.29, 1.82) is 0 Å². The van der Waals surface area contributed by atoms with Crippen molar-refractivity contribution in [2.45, 2.75) is 49.9 Å². The Kier molecular flexibility index (Phi) is 3.95. The molecule has 1 heterocycles. The molecule has 1 aromatic carbocycles. The number of thioether (sulfide) groups is 1. The molecule has 0 bridgehead atoms. The molecule has 2 heteroatoms. The SMILES string of the molecule is CC1SCCCC1NC(c1ccccc1)C1CC1. The highest BCUT2D eigenvalue weighted by atomic mass is 32.2. The molecule has 0 radical (unpaired) electrons. The second-order valence-corrected chi connectivity index (χ2v) is 7.20. The topological polar surface area (TPSA) is 12.0 Å². The van der Waals surface area contributed by atoms with E-state index in [0.29, 0.717) is 12.1 Å². The summed E-state index contributed by atoms with van der Waals surface area (Å²) < 4.78 is 0. The van der Waals surface area contributed by atoms with Crippen LogP contribution in [0.2, 0.25) is 0 Å². The molecule has 2 fully saturated rings. The van der Waals surface area contributed by atoms with Crippen molar-refractivity contribution < 1.29 is 0 Å². The monoisotopic (exact) mass is 261 g/mol. The third kappa shape index (κ3) is 2.92. The van der Waals surface area contributed by atoms with Gasteiger partial charge in [-0.1, -0.05) is 37.3 Å². The van der Waals surface area contributed by atoms with Gasteiger partial charge in [0.1, 0.15) is 0 Å².